The molecular weight excluding hydrogens is 492 g/mol. The van der Waals surface area contributed by atoms with Crippen LogP contribution in [0.1, 0.15) is 42.6 Å². The Kier molecular flexibility index (Phi) is 9.52. The van der Waals surface area contributed by atoms with E-state index >= 15 is 8.78 Å². The number of anilines is 1. The first kappa shape index (κ1) is 27.8. The number of rotatable bonds is 14. The van der Waals surface area contributed by atoms with E-state index in [1.807, 2.05) is 30.3 Å². The van der Waals surface area contributed by atoms with Gasteiger partial charge in [-0.05, 0) is 62.3 Å². The van der Waals surface area contributed by atoms with Crippen molar-refractivity contribution in [2.24, 2.45) is 0 Å². The summed E-state index contributed by atoms with van der Waals surface area (Å²) in [5.74, 6) is -3.64. The number of benzene rings is 1. The highest BCUT2D eigenvalue weighted by Crippen LogP contribution is 2.25. The van der Waals surface area contributed by atoms with Crippen LogP contribution in [-0.4, -0.2) is 76.2 Å². The minimum Gasteiger partial charge on any atom is -0.480 e. The number of methoxy groups -OCH3 is 1. The quantitative estimate of drug-likeness (QED) is 0.319. The summed E-state index contributed by atoms with van der Waals surface area (Å²) in [5.41, 5.74) is 3.65. The van der Waals surface area contributed by atoms with Gasteiger partial charge in [0.25, 0.3) is 5.92 Å². The number of carboxylic acid groups (broad SMARTS) is 1. The maximum atomic E-state index is 15.1. The van der Waals surface area contributed by atoms with Crippen molar-refractivity contribution < 1.29 is 23.4 Å². The number of aromatic nitrogens is 3. The molecule has 1 aliphatic rings. The van der Waals surface area contributed by atoms with Gasteiger partial charge in [0.2, 0.25) is 0 Å². The Balaban J connectivity index is 1.37. The lowest BCUT2D eigenvalue weighted by Crippen LogP contribution is -2.42. The maximum Gasteiger partial charge on any atom is 0.326 e. The topological polar surface area (TPSA) is 100 Å². The summed E-state index contributed by atoms with van der Waals surface area (Å²) in [6.07, 6.45) is 5.51. The molecule has 2 aromatic heterocycles. The van der Waals surface area contributed by atoms with Crippen molar-refractivity contribution in [1.82, 2.24) is 19.9 Å². The fraction of sp³-hybridized carbons (Fsp3) is 0.500. The number of nitrogens with one attached hydrogen (secondary N) is 1. The zero-order valence-corrected chi connectivity index (χ0v) is 21.7. The summed E-state index contributed by atoms with van der Waals surface area (Å²) in [7, 11) is 1.51. The second-order valence-electron chi connectivity index (χ2n) is 9.80. The van der Waals surface area contributed by atoms with Crippen LogP contribution in [0.3, 0.4) is 0 Å². The normalized spacial score (nSPS) is 14.4. The van der Waals surface area contributed by atoms with Crippen LogP contribution < -0.4 is 5.32 Å². The molecule has 0 saturated heterocycles. The van der Waals surface area contributed by atoms with Crippen LogP contribution in [0.4, 0.5) is 14.6 Å². The largest absolute Gasteiger partial charge is 0.480 e. The highest BCUT2D eigenvalue weighted by atomic mass is 19.3. The Morgan fingerprint density at radius 2 is 1.97 bits per heavy atom. The molecule has 204 valence electrons. The minimum absolute atomic E-state index is 0.111. The lowest BCUT2D eigenvalue weighted by Gasteiger charge is -2.28. The van der Waals surface area contributed by atoms with Crippen LogP contribution >= 0.6 is 0 Å². The first-order chi connectivity index (χ1) is 18.3. The van der Waals surface area contributed by atoms with Crippen LogP contribution in [0.2, 0.25) is 0 Å². The molecule has 4 rings (SSSR count). The van der Waals surface area contributed by atoms with Crippen LogP contribution in [0, 0.1) is 0 Å². The smallest absolute Gasteiger partial charge is 0.326 e. The van der Waals surface area contributed by atoms with Gasteiger partial charge in [0.05, 0.1) is 18.7 Å². The number of para-hydroxylation sites is 1. The van der Waals surface area contributed by atoms with Crippen LogP contribution in [0.5, 0.6) is 0 Å². The lowest BCUT2D eigenvalue weighted by molar-refractivity contribution is -0.138. The molecule has 8 nitrogen and oxygen atoms in total. The third-order valence-electron chi connectivity index (χ3n) is 6.94. The van der Waals surface area contributed by atoms with Gasteiger partial charge in [-0.25, -0.2) is 23.5 Å². The molecule has 0 unspecified atom stereocenters. The van der Waals surface area contributed by atoms with Crippen LogP contribution in [0.25, 0.3) is 10.9 Å². The Bertz CT molecular complexity index is 1220. The molecule has 1 aliphatic carbocycles. The average Bonchev–Trinajstić information content (AvgIpc) is 2.92. The van der Waals surface area contributed by atoms with E-state index in [4.69, 9.17) is 4.74 Å². The van der Waals surface area contributed by atoms with E-state index in [1.54, 1.807) is 11.0 Å². The van der Waals surface area contributed by atoms with Crippen molar-refractivity contribution in [2.45, 2.75) is 56.9 Å². The lowest BCUT2D eigenvalue weighted by atomic mass is 9.95. The number of hydrogen-bond donors (Lipinski definition) is 2. The van der Waals surface area contributed by atoms with Crippen molar-refractivity contribution in [3.63, 3.8) is 0 Å². The highest BCUT2D eigenvalue weighted by Gasteiger charge is 2.32. The van der Waals surface area contributed by atoms with E-state index in [2.05, 4.69) is 20.3 Å². The number of nitrogens with zero attached hydrogens (tertiary/aromatic N) is 4. The van der Waals surface area contributed by atoms with E-state index in [1.165, 1.54) is 19.0 Å². The van der Waals surface area contributed by atoms with Crippen LogP contribution in [0.15, 0.2) is 42.7 Å². The molecule has 3 aromatic rings. The van der Waals surface area contributed by atoms with Gasteiger partial charge in [-0.2, -0.15) is 0 Å². The molecule has 10 heteroatoms. The number of hydrogen-bond acceptors (Lipinski definition) is 7. The Hall–Kier alpha value is -3.24. The Morgan fingerprint density at radius 1 is 1.16 bits per heavy atom. The van der Waals surface area contributed by atoms with Crippen molar-refractivity contribution >= 4 is 22.7 Å². The molecule has 0 amide bonds. The first-order valence-corrected chi connectivity index (χ1v) is 13.1. The Labute approximate surface area is 221 Å². The van der Waals surface area contributed by atoms with E-state index in [0.29, 0.717) is 22.4 Å². The second kappa shape index (κ2) is 13.0. The predicted molar refractivity (Wildman–Crippen MR) is 142 cm³/mol. The number of halogens is 2. The van der Waals surface area contributed by atoms with Crippen molar-refractivity contribution in [3.05, 3.63) is 59.7 Å². The molecule has 0 bridgehead atoms. The fourth-order valence-corrected chi connectivity index (χ4v) is 4.83. The van der Waals surface area contributed by atoms with Gasteiger partial charge in [0, 0.05) is 43.4 Å². The summed E-state index contributed by atoms with van der Waals surface area (Å²) < 4.78 is 35.3. The maximum absolute atomic E-state index is 15.1. The minimum atomic E-state index is -2.96. The molecule has 38 heavy (non-hydrogen) atoms. The summed E-state index contributed by atoms with van der Waals surface area (Å²) in [6.45, 7) is 0.212. The molecule has 2 N–H and O–H groups in total. The number of aliphatic carboxylic acids is 1. The molecule has 0 saturated carbocycles. The number of pyridine rings is 1. The standard InChI is InChI=1S/C28H35F2N5O3/c1-38-17-16-35(18-28(29,30)14-12-21-11-10-20-6-2-4-8-23(20)33-21)15-13-25(27(36)37)34-26-22-7-3-5-9-24(22)31-19-32-26/h3,5,7,9-11,19,25H,2,4,6,8,12-18H2,1H3,(H,36,37)(H,31,32,34)/t25-/m0/s1. The number of aryl methyl sites for hydroxylation is 3. The SMILES string of the molecule is COCCN(CC[C@H](Nc1ncnc2ccccc12)C(=O)O)CC(F)(F)CCc1ccc2c(n1)CCCC2. The van der Waals surface area contributed by atoms with Gasteiger partial charge in [-0.15, -0.1) is 0 Å². The van der Waals surface area contributed by atoms with E-state index in [-0.39, 0.29) is 39.0 Å². The molecule has 1 atom stereocenters. The number of fused-ring (bicyclic) bond motifs is 2. The molecule has 0 aliphatic heterocycles. The summed E-state index contributed by atoms with van der Waals surface area (Å²) in [6, 6.07) is 10.2. The average molecular weight is 528 g/mol. The van der Waals surface area contributed by atoms with Gasteiger partial charge in [-0.1, -0.05) is 18.2 Å². The molecule has 0 radical (unpaired) electrons. The third kappa shape index (κ3) is 7.64. The molecular formula is C28H35F2N5O3. The van der Waals surface area contributed by atoms with Crippen LogP contribution in [-0.2, 0) is 28.8 Å². The number of alkyl halides is 2. The number of carbonyl (C=O) groups is 1. The third-order valence-corrected chi connectivity index (χ3v) is 6.94. The fourth-order valence-electron chi connectivity index (χ4n) is 4.83. The molecule has 0 spiro atoms. The van der Waals surface area contributed by atoms with Crippen molar-refractivity contribution in [1.29, 1.82) is 0 Å². The summed E-state index contributed by atoms with van der Waals surface area (Å²) in [5, 5.41) is 13.5. The molecule has 0 fully saturated rings. The summed E-state index contributed by atoms with van der Waals surface area (Å²) in [4.78, 5) is 26.6. The zero-order chi connectivity index (χ0) is 27.0. The predicted octanol–water partition coefficient (Wildman–Crippen LogP) is 4.38. The van der Waals surface area contributed by atoms with E-state index in [9.17, 15) is 9.90 Å². The van der Waals surface area contributed by atoms with E-state index < -0.39 is 24.5 Å². The van der Waals surface area contributed by atoms with Gasteiger partial charge >= 0.3 is 5.97 Å². The van der Waals surface area contributed by atoms with Crippen molar-refractivity contribution in [2.75, 3.05) is 38.7 Å². The van der Waals surface area contributed by atoms with Crippen molar-refractivity contribution in [3.8, 4) is 0 Å². The second-order valence-corrected chi connectivity index (χ2v) is 9.80. The number of carboxylic acids is 1. The van der Waals surface area contributed by atoms with Gasteiger partial charge in [0.1, 0.15) is 18.2 Å². The molecule has 2 heterocycles. The monoisotopic (exact) mass is 527 g/mol. The zero-order valence-electron chi connectivity index (χ0n) is 21.7. The molecule has 1 aromatic carbocycles. The van der Waals surface area contributed by atoms with Gasteiger partial charge in [-0.3, -0.25) is 9.88 Å². The summed E-state index contributed by atoms with van der Waals surface area (Å²) >= 11 is 0. The Morgan fingerprint density at radius 3 is 2.79 bits per heavy atom. The highest BCUT2D eigenvalue weighted by molar-refractivity contribution is 5.90. The number of ether oxygens (including phenoxy) is 1. The van der Waals surface area contributed by atoms with Gasteiger partial charge in [0.15, 0.2) is 0 Å². The van der Waals surface area contributed by atoms with E-state index in [0.717, 1.165) is 31.4 Å². The first-order valence-electron chi connectivity index (χ1n) is 13.1. The van der Waals surface area contributed by atoms with Gasteiger partial charge < -0.3 is 15.2 Å².